The van der Waals surface area contributed by atoms with Gasteiger partial charge < -0.3 is 4.42 Å². The van der Waals surface area contributed by atoms with E-state index in [1.54, 1.807) is 36.4 Å². The standard InChI is InChI=1S/C32H23F2N3O2S/c33-23-12-8-19(9-13-23)16-22-5-3-6-25-29(22)36-37(30(25)20-10-14-24(34)15-11-20)32-35-27(18-40-32)26-17-21-4-1-2-7-28(21)39-31(26)38/h1-2,4,7-18,25,30H,3,5-6H2/b22-16+. The van der Waals surface area contributed by atoms with Gasteiger partial charge in [0, 0.05) is 16.7 Å². The number of rotatable bonds is 4. The van der Waals surface area contributed by atoms with Crippen LogP contribution in [0, 0.1) is 17.6 Å². The van der Waals surface area contributed by atoms with Crippen LogP contribution in [0.15, 0.2) is 104 Å². The zero-order chi connectivity index (χ0) is 27.2. The predicted molar refractivity (Wildman–Crippen MR) is 154 cm³/mol. The Morgan fingerprint density at radius 1 is 0.975 bits per heavy atom. The van der Waals surface area contributed by atoms with Gasteiger partial charge in [0.25, 0.3) is 0 Å². The van der Waals surface area contributed by atoms with Crippen molar-refractivity contribution in [1.82, 2.24) is 4.98 Å². The van der Waals surface area contributed by atoms with Gasteiger partial charge in [0.15, 0.2) is 0 Å². The summed E-state index contributed by atoms with van der Waals surface area (Å²) in [5, 5.41) is 10.3. The van der Waals surface area contributed by atoms with Gasteiger partial charge in [-0.2, -0.15) is 5.10 Å². The molecule has 2 atom stereocenters. The zero-order valence-electron chi connectivity index (χ0n) is 21.3. The fraction of sp³-hybridized carbons (Fsp3) is 0.156. The predicted octanol–water partition coefficient (Wildman–Crippen LogP) is 8.00. The Labute approximate surface area is 232 Å². The summed E-state index contributed by atoms with van der Waals surface area (Å²) in [6, 6.07) is 22.0. The van der Waals surface area contributed by atoms with Crippen LogP contribution in [0.5, 0.6) is 0 Å². The van der Waals surface area contributed by atoms with Gasteiger partial charge in [-0.25, -0.2) is 23.6 Å². The first kappa shape index (κ1) is 24.6. The van der Waals surface area contributed by atoms with Gasteiger partial charge >= 0.3 is 5.63 Å². The highest BCUT2D eigenvalue weighted by Crippen LogP contribution is 2.47. The highest BCUT2D eigenvalue weighted by atomic mass is 32.1. The Morgan fingerprint density at radius 2 is 1.73 bits per heavy atom. The molecule has 0 N–H and O–H groups in total. The number of hydrazone groups is 1. The van der Waals surface area contributed by atoms with Crippen LogP contribution in [0.4, 0.5) is 13.9 Å². The third-order valence-corrected chi connectivity index (χ3v) is 8.36. The summed E-state index contributed by atoms with van der Waals surface area (Å²) in [6.07, 6.45) is 4.83. The van der Waals surface area contributed by atoms with Gasteiger partial charge in [-0.1, -0.05) is 42.5 Å². The molecular weight excluding hydrogens is 528 g/mol. The molecule has 0 saturated heterocycles. The number of aromatic nitrogens is 1. The molecule has 198 valence electrons. The molecule has 1 aliphatic heterocycles. The number of hydrogen-bond acceptors (Lipinski definition) is 6. The maximum atomic E-state index is 13.9. The minimum atomic E-state index is -0.448. The van der Waals surface area contributed by atoms with Crippen LogP contribution >= 0.6 is 11.3 Å². The molecule has 1 fully saturated rings. The van der Waals surface area contributed by atoms with Crippen molar-refractivity contribution in [2.75, 3.05) is 5.01 Å². The van der Waals surface area contributed by atoms with Crippen molar-refractivity contribution >= 4 is 39.2 Å². The van der Waals surface area contributed by atoms with E-state index >= 15 is 0 Å². The fourth-order valence-electron chi connectivity index (χ4n) is 5.65. The van der Waals surface area contributed by atoms with Crippen molar-refractivity contribution in [3.63, 3.8) is 0 Å². The van der Waals surface area contributed by atoms with Crippen LogP contribution in [-0.2, 0) is 0 Å². The van der Waals surface area contributed by atoms with Crippen molar-refractivity contribution < 1.29 is 13.2 Å². The van der Waals surface area contributed by atoms with Gasteiger partial charge in [0.2, 0.25) is 5.13 Å². The smallest absolute Gasteiger partial charge is 0.345 e. The van der Waals surface area contributed by atoms with Crippen LogP contribution in [0.1, 0.15) is 36.4 Å². The highest BCUT2D eigenvalue weighted by Gasteiger charge is 2.43. The summed E-state index contributed by atoms with van der Waals surface area (Å²) in [5.41, 5.74) is 4.91. The molecule has 5 aromatic rings. The van der Waals surface area contributed by atoms with Crippen molar-refractivity contribution in [1.29, 1.82) is 0 Å². The van der Waals surface area contributed by atoms with Gasteiger partial charge in [-0.05, 0) is 78.4 Å². The number of anilines is 1. The zero-order valence-corrected chi connectivity index (χ0v) is 22.1. The Hall–Kier alpha value is -4.43. The molecule has 0 amide bonds. The van der Waals surface area contributed by atoms with E-state index in [4.69, 9.17) is 14.5 Å². The second-order valence-electron chi connectivity index (χ2n) is 10.0. The highest BCUT2D eigenvalue weighted by molar-refractivity contribution is 7.14. The Kier molecular flexibility index (Phi) is 6.12. The minimum absolute atomic E-state index is 0.0731. The Morgan fingerprint density at radius 3 is 2.52 bits per heavy atom. The number of thiazole rings is 1. The molecule has 8 heteroatoms. The molecule has 40 heavy (non-hydrogen) atoms. The maximum absolute atomic E-state index is 13.9. The average Bonchev–Trinajstić information content (AvgIpc) is 3.60. The lowest BCUT2D eigenvalue weighted by Crippen LogP contribution is -2.28. The van der Waals surface area contributed by atoms with Crippen molar-refractivity contribution in [2.24, 2.45) is 11.0 Å². The molecule has 3 aromatic carbocycles. The first-order chi connectivity index (χ1) is 19.5. The van der Waals surface area contributed by atoms with E-state index in [1.807, 2.05) is 28.6 Å². The van der Waals surface area contributed by atoms with E-state index in [-0.39, 0.29) is 23.6 Å². The van der Waals surface area contributed by atoms with Crippen LogP contribution in [0.3, 0.4) is 0 Å². The molecule has 2 aromatic heterocycles. The number of halogens is 2. The van der Waals surface area contributed by atoms with Crippen LogP contribution in [0.25, 0.3) is 28.3 Å². The van der Waals surface area contributed by atoms with E-state index in [1.165, 1.54) is 35.6 Å². The van der Waals surface area contributed by atoms with E-state index in [0.717, 1.165) is 47.1 Å². The van der Waals surface area contributed by atoms with Crippen molar-refractivity contribution in [3.8, 4) is 11.3 Å². The molecule has 2 aliphatic rings. The van der Waals surface area contributed by atoms with Crippen LogP contribution < -0.4 is 10.6 Å². The van der Waals surface area contributed by atoms with Gasteiger partial charge in [0.05, 0.1) is 23.0 Å². The van der Waals surface area contributed by atoms with Gasteiger partial charge in [0.1, 0.15) is 17.2 Å². The second-order valence-corrected chi connectivity index (χ2v) is 10.9. The van der Waals surface area contributed by atoms with E-state index in [2.05, 4.69) is 6.08 Å². The van der Waals surface area contributed by atoms with Crippen molar-refractivity contribution in [2.45, 2.75) is 25.3 Å². The largest absolute Gasteiger partial charge is 0.422 e. The third-order valence-electron chi connectivity index (χ3n) is 7.53. The molecule has 3 heterocycles. The molecule has 5 nitrogen and oxygen atoms in total. The SMILES string of the molecule is O=c1oc2ccccc2cc1-c1csc(N2N=C3/C(=C/c4ccc(F)cc4)CCCC3C2c2ccc(F)cc2)n1. The monoisotopic (exact) mass is 551 g/mol. The minimum Gasteiger partial charge on any atom is -0.422 e. The van der Waals surface area contributed by atoms with E-state index in [0.29, 0.717) is 22.0 Å². The number of allylic oxidation sites excluding steroid dienone is 1. The first-order valence-electron chi connectivity index (χ1n) is 13.1. The summed E-state index contributed by atoms with van der Waals surface area (Å²) in [7, 11) is 0. The molecular formula is C32H23F2N3O2S. The lowest BCUT2D eigenvalue weighted by atomic mass is 9.77. The number of fused-ring (bicyclic) bond motifs is 2. The number of hydrogen-bond donors (Lipinski definition) is 0. The van der Waals surface area contributed by atoms with Crippen LogP contribution in [0.2, 0.25) is 0 Å². The molecule has 7 rings (SSSR count). The molecule has 0 bridgehead atoms. The molecule has 0 radical (unpaired) electrons. The maximum Gasteiger partial charge on any atom is 0.345 e. The summed E-state index contributed by atoms with van der Waals surface area (Å²) < 4.78 is 32.9. The Balaban J connectivity index is 1.31. The number of nitrogens with zero attached hydrogens (tertiary/aromatic N) is 3. The van der Waals surface area contributed by atoms with E-state index < -0.39 is 5.63 Å². The quantitative estimate of drug-likeness (QED) is 0.212. The molecule has 2 unspecified atom stereocenters. The Bertz CT molecular complexity index is 1840. The fourth-order valence-corrected chi connectivity index (χ4v) is 6.46. The van der Waals surface area contributed by atoms with Gasteiger partial charge in [-0.3, -0.25) is 0 Å². The second kappa shape index (κ2) is 9.95. The normalized spacial score (nSPS) is 19.7. The summed E-state index contributed by atoms with van der Waals surface area (Å²) in [6.45, 7) is 0. The van der Waals surface area contributed by atoms with E-state index in [9.17, 15) is 13.6 Å². The van der Waals surface area contributed by atoms with Crippen molar-refractivity contribution in [3.05, 3.63) is 123 Å². The molecule has 0 spiro atoms. The summed E-state index contributed by atoms with van der Waals surface area (Å²) in [5.74, 6) is -0.497. The molecule has 1 saturated carbocycles. The lowest BCUT2D eigenvalue weighted by molar-refractivity contribution is 0.486. The molecule has 1 aliphatic carbocycles. The summed E-state index contributed by atoms with van der Waals surface area (Å²) in [4.78, 5) is 17.7. The lowest BCUT2D eigenvalue weighted by Gasteiger charge is -2.29. The summed E-state index contributed by atoms with van der Waals surface area (Å²) >= 11 is 1.40. The number of benzene rings is 3. The topological polar surface area (TPSA) is 58.7 Å². The van der Waals surface area contributed by atoms with Gasteiger partial charge in [-0.15, -0.1) is 11.3 Å². The average molecular weight is 552 g/mol. The third kappa shape index (κ3) is 4.44. The van der Waals surface area contributed by atoms with Crippen LogP contribution in [-0.4, -0.2) is 10.7 Å². The first-order valence-corrected chi connectivity index (χ1v) is 14.0. The number of para-hydroxylation sites is 1.